The largest absolute Gasteiger partial charge is 0.376 e. The molecule has 2 aromatic heterocycles. The van der Waals surface area contributed by atoms with Crippen molar-refractivity contribution in [2.24, 2.45) is 0 Å². The van der Waals surface area contributed by atoms with Crippen LogP contribution in [0, 0.1) is 13.8 Å². The van der Waals surface area contributed by atoms with E-state index in [2.05, 4.69) is 9.97 Å². The highest BCUT2D eigenvalue weighted by Crippen LogP contribution is 2.25. The molecule has 4 rings (SSSR count). The molecule has 9 heteroatoms. The van der Waals surface area contributed by atoms with Crippen LogP contribution in [0.1, 0.15) is 51.9 Å². The lowest BCUT2D eigenvalue weighted by molar-refractivity contribution is 0.0937. The number of halogens is 1. The maximum atomic E-state index is 13.2. The minimum absolute atomic E-state index is 0.0549. The average molecular weight is 474 g/mol. The van der Waals surface area contributed by atoms with Crippen molar-refractivity contribution in [2.75, 3.05) is 12.4 Å². The number of nitrogens with zero attached hydrogens (tertiary/aromatic N) is 2. The summed E-state index contributed by atoms with van der Waals surface area (Å²) < 4.78 is 7.32. The van der Waals surface area contributed by atoms with E-state index in [4.69, 9.17) is 16.3 Å². The second kappa shape index (κ2) is 9.21. The summed E-state index contributed by atoms with van der Waals surface area (Å²) in [5.41, 5.74) is 2.60. The Bertz CT molecular complexity index is 1270. The number of hydrogen-bond acceptors (Lipinski definition) is 6. The summed E-state index contributed by atoms with van der Waals surface area (Å²) in [5, 5.41) is 1.41. The molecule has 7 nitrogen and oxygen atoms in total. The fourth-order valence-electron chi connectivity index (χ4n) is 4.20. The topological polar surface area (TPSA) is 94.0 Å². The Morgan fingerprint density at radius 3 is 2.78 bits per heavy atom. The zero-order valence-corrected chi connectivity index (χ0v) is 19.7. The van der Waals surface area contributed by atoms with Crippen molar-refractivity contribution < 1.29 is 14.3 Å². The lowest BCUT2D eigenvalue weighted by atomic mass is 10.1. The first-order valence-corrected chi connectivity index (χ1v) is 11.8. The second-order valence-corrected chi connectivity index (χ2v) is 9.38. The summed E-state index contributed by atoms with van der Waals surface area (Å²) >= 11 is 7.31. The second-order valence-electron chi connectivity index (χ2n) is 8.00. The van der Waals surface area contributed by atoms with Crippen molar-refractivity contribution in [3.8, 4) is 0 Å². The van der Waals surface area contributed by atoms with Crippen LogP contribution in [0.25, 0.3) is 10.9 Å². The van der Waals surface area contributed by atoms with Gasteiger partial charge in [-0.15, -0.1) is 0 Å². The van der Waals surface area contributed by atoms with E-state index in [9.17, 15) is 14.4 Å². The van der Waals surface area contributed by atoms with Gasteiger partial charge in [-0.3, -0.25) is 19.0 Å². The Labute approximate surface area is 194 Å². The molecule has 1 saturated heterocycles. The van der Waals surface area contributed by atoms with Crippen LogP contribution in [0.3, 0.4) is 0 Å². The third kappa shape index (κ3) is 4.40. The summed E-state index contributed by atoms with van der Waals surface area (Å²) in [6.07, 6.45) is 1.78. The van der Waals surface area contributed by atoms with Gasteiger partial charge in [-0.25, -0.2) is 4.98 Å². The average Bonchev–Trinajstić information content (AvgIpc) is 3.35. The van der Waals surface area contributed by atoms with Gasteiger partial charge in [0, 0.05) is 22.9 Å². The third-order valence-electron chi connectivity index (χ3n) is 5.69. The van der Waals surface area contributed by atoms with Crippen molar-refractivity contribution >= 4 is 45.8 Å². The van der Waals surface area contributed by atoms with Gasteiger partial charge >= 0.3 is 0 Å². The molecule has 168 valence electrons. The minimum atomic E-state index is -0.178. The van der Waals surface area contributed by atoms with Crippen molar-refractivity contribution in [1.29, 1.82) is 0 Å². The summed E-state index contributed by atoms with van der Waals surface area (Å²) in [5.74, 6) is -0.170. The van der Waals surface area contributed by atoms with E-state index >= 15 is 0 Å². The lowest BCUT2D eigenvalue weighted by Gasteiger charge is -2.16. The van der Waals surface area contributed by atoms with Gasteiger partial charge < -0.3 is 9.72 Å². The van der Waals surface area contributed by atoms with Gasteiger partial charge in [-0.05, 0) is 57.4 Å². The molecule has 3 heterocycles. The van der Waals surface area contributed by atoms with Crippen LogP contribution in [0.15, 0.2) is 28.2 Å². The molecule has 0 bridgehead atoms. The number of carbonyl (C=O) groups is 2. The number of carbonyl (C=O) groups excluding carboxylic acids is 2. The molecular formula is C23H24ClN3O4S. The van der Waals surface area contributed by atoms with Crippen LogP contribution in [0.4, 0.5) is 0 Å². The van der Waals surface area contributed by atoms with Crippen LogP contribution >= 0.6 is 23.4 Å². The molecule has 0 aliphatic carbocycles. The Balaban J connectivity index is 1.67. The fourth-order valence-corrected chi connectivity index (χ4v) is 5.24. The van der Waals surface area contributed by atoms with Gasteiger partial charge in [0.15, 0.2) is 16.7 Å². The zero-order chi connectivity index (χ0) is 23.0. The van der Waals surface area contributed by atoms with E-state index in [0.29, 0.717) is 56.7 Å². The molecule has 32 heavy (non-hydrogen) atoms. The predicted octanol–water partition coefficient (Wildman–Crippen LogP) is 4.35. The number of benzene rings is 1. The smallest absolute Gasteiger partial charge is 0.262 e. The van der Waals surface area contributed by atoms with Gasteiger partial charge in [0.25, 0.3) is 5.56 Å². The van der Waals surface area contributed by atoms with Gasteiger partial charge in [-0.1, -0.05) is 23.4 Å². The fraction of sp³-hybridized carbons (Fsp3) is 0.391. The third-order valence-corrected chi connectivity index (χ3v) is 6.90. The predicted molar refractivity (Wildman–Crippen MR) is 125 cm³/mol. The number of aromatic amines is 1. The van der Waals surface area contributed by atoms with Crippen LogP contribution in [-0.4, -0.2) is 44.6 Å². The molecule has 1 aliphatic heterocycles. The standard InChI is InChI=1S/C23H24ClN3O4S/c1-12-20(14(3)28)13(2)25-21(12)19(29)11-32-23-26-18-9-15(24)6-7-17(18)22(30)27(23)10-16-5-4-8-31-16/h6-7,9,16,25H,4-5,8,10-11H2,1-3H3. The van der Waals surface area contributed by atoms with Gasteiger partial charge in [0.1, 0.15) is 0 Å². The van der Waals surface area contributed by atoms with E-state index in [1.165, 1.54) is 18.7 Å². The van der Waals surface area contributed by atoms with Crippen molar-refractivity contribution in [3.63, 3.8) is 0 Å². The molecule has 1 fully saturated rings. The number of rotatable bonds is 7. The minimum Gasteiger partial charge on any atom is -0.376 e. The molecular weight excluding hydrogens is 450 g/mol. The quantitative estimate of drug-likeness (QED) is 0.311. The summed E-state index contributed by atoms with van der Waals surface area (Å²) in [4.78, 5) is 45.8. The monoisotopic (exact) mass is 473 g/mol. The molecule has 1 unspecified atom stereocenters. The Morgan fingerprint density at radius 2 is 2.12 bits per heavy atom. The van der Waals surface area contributed by atoms with Crippen molar-refractivity contribution in [3.05, 3.63) is 56.1 Å². The number of ketones is 2. The molecule has 0 spiro atoms. The Kier molecular flexibility index (Phi) is 6.55. The zero-order valence-electron chi connectivity index (χ0n) is 18.2. The van der Waals surface area contributed by atoms with Crippen LogP contribution in [0.2, 0.25) is 5.02 Å². The van der Waals surface area contributed by atoms with Crippen LogP contribution in [-0.2, 0) is 11.3 Å². The number of hydrogen-bond donors (Lipinski definition) is 1. The highest BCUT2D eigenvalue weighted by Gasteiger charge is 2.23. The number of aromatic nitrogens is 3. The lowest BCUT2D eigenvalue weighted by Crippen LogP contribution is -2.29. The van der Waals surface area contributed by atoms with E-state index in [-0.39, 0.29) is 29.0 Å². The summed E-state index contributed by atoms with van der Waals surface area (Å²) in [6.45, 7) is 6.10. The van der Waals surface area contributed by atoms with Crippen molar-refractivity contribution in [2.45, 2.75) is 51.4 Å². The summed E-state index contributed by atoms with van der Waals surface area (Å²) in [7, 11) is 0. The SMILES string of the molecule is CC(=O)c1c(C)[nH]c(C(=O)CSc2nc3cc(Cl)ccc3c(=O)n2CC2CCCO2)c1C. The first-order valence-electron chi connectivity index (χ1n) is 10.4. The number of H-pyrrole nitrogens is 1. The maximum absolute atomic E-state index is 13.2. The molecule has 0 radical (unpaired) electrons. The first-order chi connectivity index (χ1) is 15.3. The molecule has 0 amide bonds. The normalized spacial score (nSPS) is 16.1. The van der Waals surface area contributed by atoms with Crippen LogP contribution in [0.5, 0.6) is 0 Å². The molecule has 1 aromatic carbocycles. The van der Waals surface area contributed by atoms with E-state index < -0.39 is 0 Å². The number of nitrogens with one attached hydrogen (secondary N) is 1. The molecule has 1 N–H and O–H groups in total. The van der Waals surface area contributed by atoms with Gasteiger partial charge in [-0.2, -0.15) is 0 Å². The molecule has 1 aliphatic rings. The Hall–Kier alpha value is -2.42. The van der Waals surface area contributed by atoms with E-state index in [0.717, 1.165) is 12.8 Å². The maximum Gasteiger partial charge on any atom is 0.262 e. The van der Waals surface area contributed by atoms with Crippen molar-refractivity contribution in [1.82, 2.24) is 14.5 Å². The number of thioether (sulfide) groups is 1. The highest BCUT2D eigenvalue weighted by atomic mass is 35.5. The van der Waals surface area contributed by atoms with Gasteiger partial charge in [0.2, 0.25) is 0 Å². The highest BCUT2D eigenvalue weighted by molar-refractivity contribution is 7.99. The first kappa shape index (κ1) is 22.8. The van der Waals surface area contributed by atoms with E-state index in [1.54, 1.807) is 36.6 Å². The Morgan fingerprint density at radius 1 is 1.34 bits per heavy atom. The molecule has 0 saturated carbocycles. The number of fused-ring (bicyclic) bond motifs is 1. The molecule has 3 aromatic rings. The van der Waals surface area contributed by atoms with Crippen LogP contribution < -0.4 is 5.56 Å². The summed E-state index contributed by atoms with van der Waals surface area (Å²) in [6, 6.07) is 4.99. The van der Waals surface area contributed by atoms with Gasteiger partial charge in [0.05, 0.1) is 35.0 Å². The number of aryl methyl sites for hydroxylation is 1. The number of ether oxygens (including phenoxy) is 1. The van der Waals surface area contributed by atoms with E-state index in [1.807, 2.05) is 0 Å². The number of Topliss-reactive ketones (excluding diaryl/α,β-unsaturated/α-hetero) is 2. The molecule has 1 atom stereocenters.